The largest absolute Gasteiger partial charge is 0.478 e. The van der Waals surface area contributed by atoms with E-state index in [-0.39, 0.29) is 11.8 Å². The van der Waals surface area contributed by atoms with Gasteiger partial charge in [-0.25, -0.2) is 4.79 Å². The summed E-state index contributed by atoms with van der Waals surface area (Å²) in [7, 11) is 0. The minimum Gasteiger partial charge on any atom is -0.478 e. The first-order valence-electron chi connectivity index (χ1n) is 7.37. The first-order chi connectivity index (χ1) is 11.1. The Balaban J connectivity index is 1.75. The van der Waals surface area contributed by atoms with E-state index in [4.69, 9.17) is 0 Å². The van der Waals surface area contributed by atoms with Crippen LogP contribution in [0.4, 0.5) is 5.69 Å². The summed E-state index contributed by atoms with van der Waals surface area (Å²) in [5.41, 5.74) is 4.38. The fraction of sp³-hybridized carbons (Fsp3) is 0.111. The number of hydrogen-bond donors (Lipinski definition) is 3. The van der Waals surface area contributed by atoms with Crippen molar-refractivity contribution in [2.45, 2.75) is 6.42 Å². The normalized spacial score (nSPS) is 24.9. The molecule has 1 aromatic carbocycles. The Kier molecular flexibility index (Phi) is 2.94. The summed E-state index contributed by atoms with van der Waals surface area (Å²) >= 11 is 0. The van der Waals surface area contributed by atoms with E-state index in [1.807, 2.05) is 36.4 Å². The lowest BCUT2D eigenvalue weighted by Gasteiger charge is -2.21. The van der Waals surface area contributed by atoms with E-state index in [0.29, 0.717) is 17.6 Å². The Morgan fingerprint density at radius 3 is 2.78 bits per heavy atom. The lowest BCUT2D eigenvalue weighted by Crippen LogP contribution is -2.16. The molecular formula is C18H14N2O3. The zero-order valence-electron chi connectivity index (χ0n) is 12.2. The van der Waals surface area contributed by atoms with Gasteiger partial charge in [-0.3, -0.25) is 4.79 Å². The second-order valence-electron chi connectivity index (χ2n) is 5.70. The molecule has 1 aromatic rings. The van der Waals surface area contributed by atoms with E-state index in [2.05, 4.69) is 10.6 Å². The van der Waals surface area contributed by atoms with Crippen LogP contribution in [0.2, 0.25) is 0 Å². The molecule has 1 atom stereocenters. The first kappa shape index (κ1) is 13.6. The molecule has 0 aromatic heterocycles. The van der Waals surface area contributed by atoms with Gasteiger partial charge < -0.3 is 15.7 Å². The number of carboxylic acids is 1. The van der Waals surface area contributed by atoms with Gasteiger partial charge >= 0.3 is 5.97 Å². The summed E-state index contributed by atoms with van der Waals surface area (Å²) in [5, 5.41) is 15.3. The van der Waals surface area contributed by atoms with Crippen LogP contribution in [0.5, 0.6) is 0 Å². The topological polar surface area (TPSA) is 78.4 Å². The van der Waals surface area contributed by atoms with Crippen LogP contribution in [0.15, 0.2) is 65.0 Å². The summed E-state index contributed by atoms with van der Waals surface area (Å²) in [6, 6.07) is 7.83. The maximum atomic E-state index is 12.4. The number of aliphatic carboxylic acids is 1. The Hall–Kier alpha value is -3.08. The predicted molar refractivity (Wildman–Crippen MR) is 86.2 cm³/mol. The highest BCUT2D eigenvalue weighted by atomic mass is 16.4. The molecule has 4 rings (SSSR count). The van der Waals surface area contributed by atoms with Gasteiger partial charge in [0.25, 0.3) is 5.91 Å². The Labute approximate surface area is 132 Å². The highest BCUT2D eigenvalue weighted by molar-refractivity contribution is 6.02. The Morgan fingerprint density at radius 1 is 1.13 bits per heavy atom. The monoisotopic (exact) mass is 306 g/mol. The number of rotatable bonds is 1. The van der Waals surface area contributed by atoms with Crippen molar-refractivity contribution < 1.29 is 14.7 Å². The highest BCUT2D eigenvalue weighted by Crippen LogP contribution is 2.38. The molecule has 1 unspecified atom stereocenters. The molecule has 5 nitrogen and oxygen atoms in total. The number of amides is 1. The van der Waals surface area contributed by atoms with Gasteiger partial charge in [0.2, 0.25) is 0 Å². The highest BCUT2D eigenvalue weighted by Gasteiger charge is 2.38. The van der Waals surface area contributed by atoms with Gasteiger partial charge in [-0.05, 0) is 30.2 Å². The third-order valence-electron chi connectivity index (χ3n) is 4.34. The van der Waals surface area contributed by atoms with E-state index in [1.165, 1.54) is 0 Å². The van der Waals surface area contributed by atoms with E-state index in [1.54, 1.807) is 12.2 Å². The molecule has 1 amide bonds. The summed E-state index contributed by atoms with van der Waals surface area (Å²) in [4.78, 5) is 23.6. The number of fused-ring (bicyclic) bond motifs is 2. The third-order valence-corrected chi connectivity index (χ3v) is 4.34. The smallest absolute Gasteiger partial charge is 0.331 e. The molecule has 23 heavy (non-hydrogen) atoms. The van der Waals surface area contributed by atoms with Crippen LogP contribution < -0.4 is 10.6 Å². The second kappa shape index (κ2) is 4.98. The molecule has 1 saturated heterocycles. The fourth-order valence-electron chi connectivity index (χ4n) is 3.19. The average molecular weight is 306 g/mol. The van der Waals surface area contributed by atoms with Gasteiger partial charge in [0.05, 0.1) is 0 Å². The van der Waals surface area contributed by atoms with Crippen LogP contribution >= 0.6 is 0 Å². The summed E-state index contributed by atoms with van der Waals surface area (Å²) in [5.74, 6) is -1.36. The van der Waals surface area contributed by atoms with Crippen molar-refractivity contribution in [1.29, 1.82) is 0 Å². The van der Waals surface area contributed by atoms with Crippen molar-refractivity contribution in [2.24, 2.45) is 5.92 Å². The number of carbonyl (C=O) groups excluding carboxylic acids is 1. The number of allylic oxidation sites excluding steroid dienone is 4. The summed E-state index contributed by atoms with van der Waals surface area (Å²) in [6.45, 7) is 0. The average Bonchev–Trinajstić information content (AvgIpc) is 2.89. The van der Waals surface area contributed by atoms with E-state index in [0.717, 1.165) is 22.6 Å². The molecule has 1 fully saturated rings. The van der Waals surface area contributed by atoms with Crippen LogP contribution in [-0.4, -0.2) is 17.0 Å². The lowest BCUT2D eigenvalue weighted by molar-refractivity contribution is -0.133. The molecule has 0 saturated carbocycles. The van der Waals surface area contributed by atoms with Gasteiger partial charge in [-0.1, -0.05) is 30.4 Å². The van der Waals surface area contributed by atoms with Crippen LogP contribution in [0.3, 0.4) is 0 Å². The maximum Gasteiger partial charge on any atom is 0.331 e. The molecule has 0 spiro atoms. The summed E-state index contributed by atoms with van der Waals surface area (Å²) < 4.78 is 0. The number of para-hydroxylation sites is 1. The molecule has 3 aliphatic rings. The van der Waals surface area contributed by atoms with E-state index < -0.39 is 5.97 Å². The molecule has 2 heterocycles. The second-order valence-corrected chi connectivity index (χ2v) is 5.70. The van der Waals surface area contributed by atoms with E-state index in [9.17, 15) is 14.7 Å². The van der Waals surface area contributed by atoms with Gasteiger partial charge in [0.1, 0.15) is 0 Å². The molecule has 1 aliphatic carbocycles. The number of nitrogens with one attached hydrogen (secondary N) is 2. The van der Waals surface area contributed by atoms with Crippen molar-refractivity contribution in [3.8, 4) is 0 Å². The lowest BCUT2D eigenvalue weighted by atomic mass is 9.86. The minimum absolute atomic E-state index is 0.173. The molecule has 3 N–H and O–H groups in total. The number of anilines is 1. The summed E-state index contributed by atoms with van der Waals surface area (Å²) in [6.07, 6.45) is 7.39. The maximum absolute atomic E-state index is 12.4. The van der Waals surface area contributed by atoms with Crippen LogP contribution in [0.25, 0.3) is 6.08 Å². The minimum atomic E-state index is -0.943. The van der Waals surface area contributed by atoms with Crippen molar-refractivity contribution in [3.05, 3.63) is 70.6 Å². The fourth-order valence-corrected chi connectivity index (χ4v) is 3.19. The van der Waals surface area contributed by atoms with Gasteiger partial charge in [-0.2, -0.15) is 0 Å². The third kappa shape index (κ3) is 2.17. The Morgan fingerprint density at radius 2 is 1.96 bits per heavy atom. The molecule has 5 heteroatoms. The van der Waals surface area contributed by atoms with Gasteiger partial charge in [0.15, 0.2) is 0 Å². The molecule has 2 aliphatic heterocycles. The van der Waals surface area contributed by atoms with Crippen LogP contribution in [0, 0.1) is 5.92 Å². The quantitative estimate of drug-likeness (QED) is 0.696. The molecule has 0 bridgehead atoms. The standard InChI is InChI=1S/C18H14N2O3/c21-17-16(12-9-11(18(22)23)6-7-14(12)20-17)15-8-5-10-3-1-2-4-13(10)19-15/h1-8,12,19H,9H2,(H,20,21)(H,22,23). The number of carboxylic acid groups (broad SMARTS) is 1. The van der Waals surface area contributed by atoms with Crippen molar-refractivity contribution in [1.82, 2.24) is 5.32 Å². The zero-order valence-corrected chi connectivity index (χ0v) is 12.2. The SMILES string of the molecule is O=C(O)C1=CC=C2NC(=O)C(=C3C=Cc4ccccc4N3)C2C1. The Bertz CT molecular complexity index is 859. The number of benzene rings is 1. The molecule has 0 radical (unpaired) electrons. The number of carbonyl (C=O) groups is 2. The van der Waals surface area contributed by atoms with E-state index >= 15 is 0 Å². The molecule has 114 valence electrons. The predicted octanol–water partition coefficient (Wildman–Crippen LogP) is 2.42. The van der Waals surface area contributed by atoms with Crippen molar-refractivity contribution >= 4 is 23.6 Å². The van der Waals surface area contributed by atoms with Gasteiger partial charge in [-0.15, -0.1) is 0 Å². The van der Waals surface area contributed by atoms with Crippen LogP contribution in [0.1, 0.15) is 12.0 Å². The van der Waals surface area contributed by atoms with Crippen molar-refractivity contribution in [2.75, 3.05) is 5.32 Å². The molecular weight excluding hydrogens is 292 g/mol. The van der Waals surface area contributed by atoms with Crippen LogP contribution in [-0.2, 0) is 9.59 Å². The van der Waals surface area contributed by atoms with Gasteiger partial charge in [0, 0.05) is 34.1 Å². The van der Waals surface area contributed by atoms with Crippen molar-refractivity contribution in [3.63, 3.8) is 0 Å². The first-order valence-corrected chi connectivity index (χ1v) is 7.37. The zero-order chi connectivity index (χ0) is 16.0. The number of hydrogen-bond acceptors (Lipinski definition) is 3.